The topological polar surface area (TPSA) is 83.6 Å². The monoisotopic (exact) mass is 324 g/mol. The standard InChI is InChI=1S/C15H20N2O4S/c1-2-15(19)16-13-9-22(20,21)10-14(13)17(11-18)8-12-6-4-3-5-7-12/h3-7,11,13-14H,2,8-10H2,1H3,(H,16,19)/t13-,14+/m1/s1. The van der Waals surface area contributed by atoms with Gasteiger partial charge in [0, 0.05) is 13.0 Å². The number of nitrogens with one attached hydrogen (secondary N) is 1. The average molecular weight is 324 g/mol. The predicted molar refractivity (Wildman–Crippen MR) is 82.7 cm³/mol. The molecular weight excluding hydrogens is 304 g/mol. The van der Waals surface area contributed by atoms with E-state index in [9.17, 15) is 18.0 Å². The van der Waals surface area contributed by atoms with Crippen molar-refractivity contribution in [1.29, 1.82) is 0 Å². The first-order valence-corrected chi connectivity index (χ1v) is 9.02. The third-order valence-corrected chi connectivity index (χ3v) is 5.48. The second kappa shape index (κ2) is 6.91. The van der Waals surface area contributed by atoms with Gasteiger partial charge < -0.3 is 10.2 Å². The Morgan fingerprint density at radius 3 is 2.59 bits per heavy atom. The number of amides is 2. The second-order valence-electron chi connectivity index (χ2n) is 5.44. The second-order valence-corrected chi connectivity index (χ2v) is 7.59. The Hall–Kier alpha value is -1.89. The molecule has 120 valence electrons. The van der Waals surface area contributed by atoms with E-state index >= 15 is 0 Å². The molecule has 0 spiro atoms. The number of benzene rings is 1. The van der Waals surface area contributed by atoms with E-state index in [-0.39, 0.29) is 23.8 Å². The maximum absolute atomic E-state index is 11.9. The SMILES string of the molecule is CCC(=O)N[C@@H]1CS(=O)(=O)C[C@@H]1N(C=O)Cc1ccccc1. The lowest BCUT2D eigenvalue weighted by Gasteiger charge is -2.29. The van der Waals surface area contributed by atoms with Crippen LogP contribution in [0.2, 0.25) is 0 Å². The molecule has 0 unspecified atom stereocenters. The number of hydrogen-bond donors (Lipinski definition) is 1. The highest BCUT2D eigenvalue weighted by Crippen LogP contribution is 2.20. The van der Waals surface area contributed by atoms with Crippen molar-refractivity contribution in [3.63, 3.8) is 0 Å². The summed E-state index contributed by atoms with van der Waals surface area (Å²) in [4.78, 5) is 24.5. The minimum atomic E-state index is -3.26. The number of nitrogens with zero attached hydrogens (tertiary/aromatic N) is 1. The molecule has 2 amide bonds. The van der Waals surface area contributed by atoms with Crippen LogP contribution in [0.1, 0.15) is 18.9 Å². The van der Waals surface area contributed by atoms with Gasteiger partial charge in [0.2, 0.25) is 12.3 Å². The molecule has 1 aliphatic rings. The maximum atomic E-state index is 11.9. The zero-order valence-electron chi connectivity index (χ0n) is 12.4. The Kier molecular flexibility index (Phi) is 5.18. The van der Waals surface area contributed by atoms with E-state index in [1.807, 2.05) is 30.3 Å². The largest absolute Gasteiger partial charge is 0.350 e. The molecule has 1 aromatic rings. The van der Waals surface area contributed by atoms with Gasteiger partial charge in [-0.25, -0.2) is 8.42 Å². The molecule has 1 aliphatic heterocycles. The average Bonchev–Trinajstić information content (AvgIpc) is 2.80. The summed E-state index contributed by atoms with van der Waals surface area (Å²) in [5, 5.41) is 2.72. The van der Waals surface area contributed by atoms with Gasteiger partial charge in [-0.05, 0) is 5.56 Å². The molecule has 1 saturated heterocycles. The van der Waals surface area contributed by atoms with Crippen molar-refractivity contribution in [3.8, 4) is 0 Å². The summed E-state index contributed by atoms with van der Waals surface area (Å²) in [5.74, 6) is -0.451. The van der Waals surface area contributed by atoms with E-state index in [1.165, 1.54) is 4.90 Å². The van der Waals surface area contributed by atoms with Crippen LogP contribution < -0.4 is 5.32 Å². The van der Waals surface area contributed by atoms with Gasteiger partial charge >= 0.3 is 0 Å². The van der Waals surface area contributed by atoms with Gasteiger partial charge in [0.1, 0.15) is 0 Å². The van der Waals surface area contributed by atoms with Gasteiger partial charge in [-0.3, -0.25) is 9.59 Å². The maximum Gasteiger partial charge on any atom is 0.220 e. The first-order chi connectivity index (χ1) is 10.4. The van der Waals surface area contributed by atoms with Crippen molar-refractivity contribution in [2.75, 3.05) is 11.5 Å². The first kappa shape index (κ1) is 16.5. The Balaban J connectivity index is 2.17. The first-order valence-electron chi connectivity index (χ1n) is 7.20. The van der Waals surface area contributed by atoms with Gasteiger partial charge in [-0.2, -0.15) is 0 Å². The van der Waals surface area contributed by atoms with E-state index in [0.717, 1.165) is 5.56 Å². The highest BCUT2D eigenvalue weighted by atomic mass is 32.2. The molecule has 2 atom stereocenters. The van der Waals surface area contributed by atoms with Crippen molar-refractivity contribution in [3.05, 3.63) is 35.9 Å². The summed E-state index contributed by atoms with van der Waals surface area (Å²) >= 11 is 0. The molecule has 0 radical (unpaired) electrons. The van der Waals surface area contributed by atoms with Gasteiger partial charge in [0.15, 0.2) is 9.84 Å². The molecule has 6 nitrogen and oxygen atoms in total. The smallest absolute Gasteiger partial charge is 0.220 e. The van der Waals surface area contributed by atoms with E-state index in [1.54, 1.807) is 6.92 Å². The number of hydrogen-bond acceptors (Lipinski definition) is 4. The number of rotatable bonds is 6. The molecule has 0 aromatic heterocycles. The molecule has 1 N–H and O–H groups in total. The Bertz CT molecular complexity index is 630. The molecule has 2 rings (SSSR count). The Labute approximate surface area is 130 Å². The summed E-state index contributed by atoms with van der Waals surface area (Å²) in [6.07, 6.45) is 0.937. The van der Waals surface area contributed by atoms with Crippen LogP contribution >= 0.6 is 0 Å². The number of sulfone groups is 1. The minimum absolute atomic E-state index is 0.118. The van der Waals surface area contributed by atoms with Crippen LogP contribution in [0.3, 0.4) is 0 Å². The quantitative estimate of drug-likeness (QED) is 0.765. The highest BCUT2D eigenvalue weighted by molar-refractivity contribution is 7.91. The Morgan fingerprint density at radius 2 is 2.00 bits per heavy atom. The lowest BCUT2D eigenvalue weighted by molar-refractivity contribution is -0.124. The van der Waals surface area contributed by atoms with Crippen LogP contribution in [0.5, 0.6) is 0 Å². The van der Waals surface area contributed by atoms with Crippen LogP contribution in [0.4, 0.5) is 0 Å². The molecule has 0 aliphatic carbocycles. The van der Waals surface area contributed by atoms with Gasteiger partial charge in [0.25, 0.3) is 0 Å². The van der Waals surface area contributed by atoms with Crippen molar-refractivity contribution >= 4 is 22.2 Å². The number of carbonyl (C=O) groups excluding carboxylic acids is 2. The molecule has 1 heterocycles. The summed E-state index contributed by atoms with van der Waals surface area (Å²) in [6, 6.07) is 8.27. The van der Waals surface area contributed by atoms with E-state index in [2.05, 4.69) is 5.32 Å². The molecule has 0 bridgehead atoms. The summed E-state index contributed by atoms with van der Waals surface area (Å²) in [7, 11) is -3.26. The van der Waals surface area contributed by atoms with E-state index < -0.39 is 21.9 Å². The number of carbonyl (C=O) groups is 2. The van der Waals surface area contributed by atoms with Crippen LogP contribution in [-0.2, 0) is 26.0 Å². The lowest BCUT2D eigenvalue weighted by Crippen LogP contribution is -2.50. The summed E-state index contributed by atoms with van der Waals surface area (Å²) in [6.45, 7) is 2.03. The third-order valence-electron chi connectivity index (χ3n) is 3.76. The van der Waals surface area contributed by atoms with Crippen LogP contribution in [0, 0.1) is 0 Å². The fraction of sp³-hybridized carbons (Fsp3) is 0.467. The molecule has 22 heavy (non-hydrogen) atoms. The molecule has 7 heteroatoms. The third kappa shape index (κ3) is 4.07. The zero-order valence-corrected chi connectivity index (χ0v) is 13.3. The van der Waals surface area contributed by atoms with E-state index in [0.29, 0.717) is 13.0 Å². The fourth-order valence-corrected chi connectivity index (χ4v) is 4.56. The molecule has 1 aromatic carbocycles. The van der Waals surface area contributed by atoms with E-state index in [4.69, 9.17) is 0 Å². The zero-order chi connectivity index (χ0) is 16.2. The van der Waals surface area contributed by atoms with Crippen LogP contribution in [0.15, 0.2) is 30.3 Å². The lowest BCUT2D eigenvalue weighted by atomic mass is 10.1. The minimum Gasteiger partial charge on any atom is -0.350 e. The van der Waals surface area contributed by atoms with Gasteiger partial charge in [0.05, 0.1) is 23.6 Å². The molecule has 1 fully saturated rings. The molecule has 0 saturated carbocycles. The predicted octanol–water partition coefficient (Wildman–Crippen LogP) is 0.337. The van der Waals surface area contributed by atoms with Crippen molar-refractivity contribution in [2.45, 2.75) is 32.0 Å². The Morgan fingerprint density at radius 1 is 1.32 bits per heavy atom. The van der Waals surface area contributed by atoms with Crippen molar-refractivity contribution in [1.82, 2.24) is 10.2 Å². The summed E-state index contributed by atoms with van der Waals surface area (Å²) in [5.41, 5.74) is 0.916. The fourth-order valence-electron chi connectivity index (χ4n) is 2.63. The van der Waals surface area contributed by atoms with Gasteiger partial charge in [-0.15, -0.1) is 0 Å². The normalized spacial score (nSPS) is 23.0. The van der Waals surface area contributed by atoms with Crippen molar-refractivity contribution in [2.24, 2.45) is 0 Å². The van der Waals surface area contributed by atoms with Crippen LogP contribution in [0.25, 0.3) is 0 Å². The van der Waals surface area contributed by atoms with Crippen LogP contribution in [-0.4, -0.2) is 49.2 Å². The summed E-state index contributed by atoms with van der Waals surface area (Å²) < 4.78 is 23.8. The van der Waals surface area contributed by atoms with Gasteiger partial charge in [-0.1, -0.05) is 37.3 Å². The molecular formula is C15H20N2O4S. The highest BCUT2D eigenvalue weighted by Gasteiger charge is 2.41. The van der Waals surface area contributed by atoms with Crippen molar-refractivity contribution < 1.29 is 18.0 Å².